The standard InChI is InChI=1S/C39H37FN4O5S/c1-39(37(48)42-38(49)50-39)21-25-12-14-28(15-13-25)35(46)41-22-30-20-31(43(2)23-26-8-4-3-5-9-26)24-44(30)36(47)33-11-7-6-10-32(33)34(45)27-16-18-29(40)19-17-27/h3-19,30-31H,20-24H2,1-2H3,(H,41,46)(H,42,48,49)/t30-,31+,39?/m0/s1. The second-order valence-corrected chi connectivity index (χ2v) is 14.4. The summed E-state index contributed by atoms with van der Waals surface area (Å²) in [5.41, 5.74) is 3.10. The van der Waals surface area contributed by atoms with Gasteiger partial charge in [-0.05, 0) is 92.2 Å². The van der Waals surface area contributed by atoms with Crippen molar-refractivity contribution in [2.45, 2.75) is 43.1 Å². The SMILES string of the molecule is CN(Cc1ccccc1)[C@@H]1C[C@@H](CNC(=O)c2ccc(CC3(C)SC(=O)NC3=O)cc2)N(C(=O)c2ccccc2C(=O)c2ccc(F)cc2)C1. The lowest BCUT2D eigenvalue weighted by atomic mass is 9.97. The van der Waals surface area contributed by atoms with Gasteiger partial charge in [0.15, 0.2) is 5.78 Å². The number of nitrogens with one attached hydrogen (secondary N) is 2. The first-order chi connectivity index (χ1) is 24.0. The Labute approximate surface area is 294 Å². The van der Waals surface area contributed by atoms with Gasteiger partial charge in [0.25, 0.3) is 17.1 Å². The quantitative estimate of drug-likeness (QED) is 0.200. The Morgan fingerprint density at radius 1 is 0.880 bits per heavy atom. The van der Waals surface area contributed by atoms with Crippen LogP contribution in [0, 0.1) is 5.82 Å². The van der Waals surface area contributed by atoms with E-state index in [0.717, 1.165) is 22.9 Å². The van der Waals surface area contributed by atoms with Crippen molar-refractivity contribution in [2.24, 2.45) is 0 Å². The van der Waals surface area contributed by atoms with Crippen LogP contribution in [-0.2, 0) is 17.8 Å². The molecule has 0 saturated carbocycles. The fourth-order valence-corrected chi connectivity index (χ4v) is 7.46. The highest BCUT2D eigenvalue weighted by Gasteiger charge is 2.44. The highest BCUT2D eigenvalue weighted by molar-refractivity contribution is 8.16. The molecule has 0 bridgehead atoms. The topological polar surface area (TPSA) is 116 Å². The first kappa shape index (κ1) is 34.7. The van der Waals surface area contributed by atoms with Crippen molar-refractivity contribution < 1.29 is 28.4 Å². The molecule has 2 fully saturated rings. The van der Waals surface area contributed by atoms with E-state index in [1.807, 2.05) is 25.2 Å². The molecular formula is C39H37FN4O5S. The zero-order valence-electron chi connectivity index (χ0n) is 27.7. The minimum absolute atomic E-state index is 0.0146. The van der Waals surface area contributed by atoms with Crippen molar-refractivity contribution in [3.8, 4) is 0 Å². The number of imide groups is 1. The van der Waals surface area contributed by atoms with Crippen LogP contribution >= 0.6 is 11.8 Å². The molecule has 1 unspecified atom stereocenters. The van der Waals surface area contributed by atoms with Crippen LogP contribution in [0.5, 0.6) is 0 Å². The van der Waals surface area contributed by atoms with Crippen molar-refractivity contribution >= 4 is 40.5 Å². The third-order valence-corrected chi connectivity index (χ3v) is 10.4. The number of thioether (sulfide) groups is 1. The maximum absolute atomic E-state index is 14.3. The first-order valence-corrected chi connectivity index (χ1v) is 17.2. The Kier molecular flexibility index (Phi) is 10.3. The molecule has 4 aromatic rings. The normalized spacial score (nSPS) is 20.2. The number of carbonyl (C=O) groups is 5. The molecule has 11 heteroatoms. The smallest absolute Gasteiger partial charge is 0.286 e. The Morgan fingerprint density at radius 3 is 2.18 bits per heavy atom. The number of hydrogen-bond donors (Lipinski definition) is 2. The van der Waals surface area contributed by atoms with Gasteiger partial charge in [0.2, 0.25) is 5.91 Å². The second kappa shape index (κ2) is 14.8. The average Bonchev–Trinajstić information content (AvgIpc) is 3.66. The third-order valence-electron chi connectivity index (χ3n) is 9.33. The lowest BCUT2D eigenvalue weighted by Gasteiger charge is -2.26. The minimum Gasteiger partial charge on any atom is -0.350 e. The second-order valence-electron chi connectivity index (χ2n) is 12.9. The average molecular weight is 693 g/mol. The third kappa shape index (κ3) is 7.69. The summed E-state index contributed by atoms with van der Waals surface area (Å²) in [6.07, 6.45) is 0.929. The van der Waals surface area contributed by atoms with E-state index in [4.69, 9.17) is 0 Å². The lowest BCUT2D eigenvalue weighted by Crippen LogP contribution is -2.43. The molecule has 0 aliphatic carbocycles. The van der Waals surface area contributed by atoms with Crippen LogP contribution in [0.2, 0.25) is 0 Å². The van der Waals surface area contributed by atoms with Gasteiger partial charge >= 0.3 is 0 Å². The summed E-state index contributed by atoms with van der Waals surface area (Å²) in [5.74, 6) is -1.81. The molecular weight excluding hydrogens is 656 g/mol. The summed E-state index contributed by atoms with van der Waals surface area (Å²) >= 11 is 0.961. The number of carbonyl (C=O) groups excluding carboxylic acids is 5. The fourth-order valence-electron chi connectivity index (χ4n) is 6.53. The molecule has 9 nitrogen and oxygen atoms in total. The predicted molar refractivity (Wildman–Crippen MR) is 189 cm³/mol. The number of rotatable bonds is 11. The van der Waals surface area contributed by atoms with Crippen LogP contribution in [0.4, 0.5) is 9.18 Å². The van der Waals surface area contributed by atoms with E-state index in [1.165, 1.54) is 24.3 Å². The van der Waals surface area contributed by atoms with Gasteiger partial charge in [-0.15, -0.1) is 0 Å². The number of ketones is 1. The van der Waals surface area contributed by atoms with Crippen molar-refractivity contribution in [2.75, 3.05) is 20.1 Å². The first-order valence-electron chi connectivity index (χ1n) is 16.4. The molecule has 6 rings (SSSR count). The highest BCUT2D eigenvalue weighted by atomic mass is 32.2. The number of benzene rings is 4. The molecule has 0 radical (unpaired) electrons. The number of amides is 4. The van der Waals surface area contributed by atoms with E-state index in [1.54, 1.807) is 60.4 Å². The van der Waals surface area contributed by atoms with Crippen molar-refractivity contribution in [1.82, 2.24) is 20.4 Å². The maximum atomic E-state index is 14.3. The van der Waals surface area contributed by atoms with Gasteiger partial charge in [-0.25, -0.2) is 4.39 Å². The van der Waals surface area contributed by atoms with Crippen molar-refractivity contribution in [3.63, 3.8) is 0 Å². The van der Waals surface area contributed by atoms with Crippen molar-refractivity contribution in [1.29, 1.82) is 0 Å². The Hall–Kier alpha value is -5.13. The van der Waals surface area contributed by atoms with Crippen LogP contribution in [0.3, 0.4) is 0 Å². The Balaban J connectivity index is 1.19. The number of halogens is 1. The fraction of sp³-hybridized carbons (Fsp3) is 0.256. The van der Waals surface area contributed by atoms with Crippen LogP contribution in [0.15, 0.2) is 103 Å². The highest BCUT2D eigenvalue weighted by Crippen LogP contribution is 2.34. The van der Waals surface area contributed by atoms with Gasteiger partial charge in [-0.1, -0.05) is 60.7 Å². The largest absolute Gasteiger partial charge is 0.350 e. The molecule has 2 aliphatic heterocycles. The zero-order chi connectivity index (χ0) is 35.4. The van der Waals surface area contributed by atoms with Gasteiger partial charge in [-0.2, -0.15) is 0 Å². The van der Waals surface area contributed by atoms with Crippen LogP contribution in [-0.4, -0.2) is 75.5 Å². The number of nitrogens with zero attached hydrogens (tertiary/aromatic N) is 2. The van der Waals surface area contributed by atoms with E-state index in [2.05, 4.69) is 27.7 Å². The molecule has 4 amide bonds. The number of hydrogen-bond acceptors (Lipinski definition) is 7. The molecule has 0 aromatic heterocycles. The Morgan fingerprint density at radius 2 is 1.52 bits per heavy atom. The van der Waals surface area contributed by atoms with Gasteiger partial charge in [-0.3, -0.25) is 34.2 Å². The maximum Gasteiger partial charge on any atom is 0.286 e. The van der Waals surface area contributed by atoms with E-state index in [0.29, 0.717) is 31.5 Å². The van der Waals surface area contributed by atoms with Crippen LogP contribution in [0.25, 0.3) is 0 Å². The van der Waals surface area contributed by atoms with E-state index < -0.39 is 10.6 Å². The monoisotopic (exact) mass is 692 g/mol. The van der Waals surface area contributed by atoms with Gasteiger partial charge in [0, 0.05) is 42.4 Å². The molecule has 2 N–H and O–H groups in total. The van der Waals surface area contributed by atoms with Crippen molar-refractivity contribution in [3.05, 3.63) is 142 Å². The van der Waals surface area contributed by atoms with Gasteiger partial charge in [0.1, 0.15) is 10.6 Å². The van der Waals surface area contributed by atoms with E-state index in [9.17, 15) is 28.4 Å². The number of likely N-dealkylation sites (tertiary alicyclic amines) is 1. The van der Waals surface area contributed by atoms with Crippen LogP contribution in [0.1, 0.15) is 61.1 Å². The van der Waals surface area contributed by atoms with E-state index in [-0.39, 0.29) is 64.1 Å². The lowest BCUT2D eigenvalue weighted by molar-refractivity contribution is -0.121. The molecule has 256 valence electrons. The summed E-state index contributed by atoms with van der Waals surface area (Å²) in [7, 11) is 2.01. The molecule has 2 saturated heterocycles. The Bertz CT molecular complexity index is 1920. The summed E-state index contributed by atoms with van der Waals surface area (Å²) in [6.45, 7) is 2.97. The zero-order valence-corrected chi connectivity index (χ0v) is 28.5. The summed E-state index contributed by atoms with van der Waals surface area (Å²) in [5, 5.41) is 4.95. The minimum atomic E-state index is -0.911. The molecule has 50 heavy (non-hydrogen) atoms. The number of likely N-dealkylation sites (N-methyl/N-ethyl adjacent to an activating group) is 1. The van der Waals surface area contributed by atoms with E-state index >= 15 is 0 Å². The van der Waals surface area contributed by atoms with Gasteiger partial charge < -0.3 is 10.2 Å². The molecule has 2 heterocycles. The molecule has 3 atom stereocenters. The predicted octanol–water partition coefficient (Wildman–Crippen LogP) is 5.49. The molecule has 2 aliphatic rings. The van der Waals surface area contributed by atoms with Gasteiger partial charge in [0.05, 0.1) is 11.6 Å². The summed E-state index contributed by atoms with van der Waals surface area (Å²) < 4.78 is 12.7. The summed E-state index contributed by atoms with van der Waals surface area (Å²) in [6, 6.07) is 28.4. The van der Waals surface area contributed by atoms with Crippen LogP contribution < -0.4 is 10.6 Å². The summed E-state index contributed by atoms with van der Waals surface area (Å²) in [4.78, 5) is 69.0. The molecule has 0 spiro atoms. The molecule has 4 aromatic carbocycles.